The molecule has 0 atom stereocenters. The number of pyridine rings is 1. The fourth-order valence-electron chi connectivity index (χ4n) is 1.85. The Hall–Kier alpha value is -2.21. The van der Waals surface area contributed by atoms with Gasteiger partial charge in [0.1, 0.15) is 11.6 Å². The molecule has 0 fully saturated rings. The van der Waals surface area contributed by atoms with Gasteiger partial charge in [0.25, 0.3) is 0 Å². The monoisotopic (exact) mass is 287 g/mol. The molecule has 0 bridgehead atoms. The molecule has 2 rings (SSSR count). The van der Waals surface area contributed by atoms with E-state index in [4.69, 9.17) is 10.6 Å². The average molecular weight is 287 g/mol. The van der Waals surface area contributed by atoms with Crippen LogP contribution in [0.3, 0.4) is 0 Å². The predicted octanol–water partition coefficient (Wildman–Crippen LogP) is 2.21. The van der Waals surface area contributed by atoms with E-state index in [1.807, 2.05) is 39.0 Å². The Bertz CT molecular complexity index is 586. The van der Waals surface area contributed by atoms with E-state index in [1.165, 1.54) is 0 Å². The summed E-state index contributed by atoms with van der Waals surface area (Å²) in [7, 11) is 0. The molecule has 0 aliphatic rings. The second kappa shape index (κ2) is 6.99. The maximum atomic E-state index is 5.79. The summed E-state index contributed by atoms with van der Waals surface area (Å²) < 4.78 is 5.79. The lowest BCUT2D eigenvalue weighted by Crippen LogP contribution is -2.15. The molecule has 0 saturated heterocycles. The lowest BCUT2D eigenvalue weighted by Gasteiger charge is -2.14. The van der Waals surface area contributed by atoms with E-state index in [0.717, 1.165) is 17.7 Å². The number of hydrogen-bond donors (Lipinski definition) is 2. The first-order valence-electron chi connectivity index (χ1n) is 6.99. The van der Waals surface area contributed by atoms with Gasteiger partial charge in [0, 0.05) is 24.2 Å². The summed E-state index contributed by atoms with van der Waals surface area (Å²) in [6, 6.07) is 5.83. The minimum absolute atomic E-state index is 0.204. The third-order valence-corrected chi connectivity index (χ3v) is 3.09. The number of hydrazine groups is 1. The van der Waals surface area contributed by atoms with Gasteiger partial charge in [-0.15, -0.1) is 0 Å². The molecule has 0 spiro atoms. The Morgan fingerprint density at radius 1 is 1.29 bits per heavy atom. The van der Waals surface area contributed by atoms with Crippen molar-refractivity contribution in [2.45, 2.75) is 33.1 Å². The molecule has 0 aliphatic heterocycles. The first kappa shape index (κ1) is 15.2. The predicted molar refractivity (Wildman–Crippen MR) is 82.1 cm³/mol. The minimum Gasteiger partial charge on any atom is -0.477 e. The summed E-state index contributed by atoms with van der Waals surface area (Å²) >= 11 is 0. The molecule has 6 heteroatoms. The average Bonchev–Trinajstić information content (AvgIpc) is 2.49. The van der Waals surface area contributed by atoms with Crippen LogP contribution < -0.4 is 16.0 Å². The van der Waals surface area contributed by atoms with Crippen molar-refractivity contribution in [2.75, 3.05) is 12.0 Å². The number of nitrogens with zero attached hydrogens (tertiary/aromatic N) is 3. The number of anilines is 1. The number of aromatic nitrogens is 3. The van der Waals surface area contributed by atoms with E-state index in [1.54, 1.807) is 6.20 Å². The zero-order valence-corrected chi connectivity index (χ0v) is 12.6. The van der Waals surface area contributed by atoms with Crippen LogP contribution in [0.5, 0.6) is 5.88 Å². The van der Waals surface area contributed by atoms with Gasteiger partial charge in [-0.1, -0.05) is 19.9 Å². The number of ether oxygens (including phenoxy) is 1. The molecular formula is C15H21N5O. The van der Waals surface area contributed by atoms with Gasteiger partial charge in [-0.3, -0.25) is 4.98 Å². The van der Waals surface area contributed by atoms with Gasteiger partial charge >= 0.3 is 0 Å². The van der Waals surface area contributed by atoms with Crippen molar-refractivity contribution in [1.29, 1.82) is 0 Å². The number of nitrogen functional groups attached to an aromatic ring is 1. The molecular weight excluding hydrogens is 266 g/mol. The van der Waals surface area contributed by atoms with Gasteiger partial charge in [0.2, 0.25) is 5.88 Å². The topological polar surface area (TPSA) is 86.0 Å². The van der Waals surface area contributed by atoms with Crippen molar-refractivity contribution in [3.8, 4) is 5.88 Å². The molecule has 0 amide bonds. The number of hydrogen-bond acceptors (Lipinski definition) is 6. The second-order valence-electron chi connectivity index (χ2n) is 5.08. The molecule has 0 aliphatic carbocycles. The van der Waals surface area contributed by atoms with Crippen molar-refractivity contribution in [2.24, 2.45) is 5.84 Å². The molecule has 2 heterocycles. The zero-order valence-electron chi connectivity index (χ0n) is 12.6. The van der Waals surface area contributed by atoms with E-state index < -0.39 is 0 Å². The fourth-order valence-corrected chi connectivity index (χ4v) is 1.85. The Balaban J connectivity index is 2.10. The second-order valence-corrected chi connectivity index (χ2v) is 5.08. The van der Waals surface area contributed by atoms with Crippen LogP contribution in [0.4, 0.5) is 5.82 Å². The van der Waals surface area contributed by atoms with Crippen LogP contribution in [0.1, 0.15) is 36.8 Å². The molecule has 0 saturated carbocycles. The van der Waals surface area contributed by atoms with Crippen LogP contribution in [0.15, 0.2) is 24.4 Å². The number of nitrogens with one attached hydrogen (secondary N) is 1. The summed E-state index contributed by atoms with van der Waals surface area (Å²) in [5.74, 6) is 7.58. The van der Waals surface area contributed by atoms with Crippen molar-refractivity contribution in [3.63, 3.8) is 0 Å². The summed E-state index contributed by atoms with van der Waals surface area (Å²) in [5, 5.41) is 0. The molecule has 112 valence electrons. The summed E-state index contributed by atoms with van der Waals surface area (Å²) in [6.07, 6.45) is 2.51. The summed E-state index contributed by atoms with van der Waals surface area (Å²) in [6.45, 7) is 6.46. The lowest BCUT2D eigenvalue weighted by molar-refractivity contribution is 0.304. The minimum atomic E-state index is 0.204. The molecule has 2 aromatic heterocycles. The van der Waals surface area contributed by atoms with Crippen molar-refractivity contribution < 1.29 is 4.74 Å². The Labute approximate surface area is 124 Å². The van der Waals surface area contributed by atoms with E-state index in [9.17, 15) is 0 Å². The highest BCUT2D eigenvalue weighted by Gasteiger charge is 2.13. The van der Waals surface area contributed by atoms with Gasteiger partial charge in [-0.05, 0) is 19.1 Å². The highest BCUT2D eigenvalue weighted by atomic mass is 16.5. The quantitative estimate of drug-likeness (QED) is 0.626. The Morgan fingerprint density at radius 3 is 2.71 bits per heavy atom. The van der Waals surface area contributed by atoms with Crippen LogP contribution >= 0.6 is 0 Å². The van der Waals surface area contributed by atoms with E-state index >= 15 is 0 Å². The zero-order chi connectivity index (χ0) is 15.2. The SMILES string of the molecule is Cc1c(NN)nc(C(C)C)nc1OCCc1ccccn1. The van der Waals surface area contributed by atoms with Gasteiger partial charge in [-0.25, -0.2) is 10.8 Å². The fraction of sp³-hybridized carbons (Fsp3) is 0.400. The Kier molecular flexibility index (Phi) is 5.05. The van der Waals surface area contributed by atoms with Crippen molar-refractivity contribution in [3.05, 3.63) is 41.5 Å². The third-order valence-electron chi connectivity index (χ3n) is 3.09. The number of rotatable bonds is 6. The van der Waals surface area contributed by atoms with Crippen LogP contribution in [0.25, 0.3) is 0 Å². The number of nitrogens with two attached hydrogens (primary N) is 1. The summed E-state index contributed by atoms with van der Waals surface area (Å²) in [5.41, 5.74) is 4.40. The van der Waals surface area contributed by atoms with E-state index in [0.29, 0.717) is 24.1 Å². The smallest absolute Gasteiger partial charge is 0.221 e. The van der Waals surface area contributed by atoms with E-state index in [2.05, 4.69) is 20.4 Å². The maximum Gasteiger partial charge on any atom is 0.221 e. The first-order valence-corrected chi connectivity index (χ1v) is 6.99. The summed E-state index contributed by atoms with van der Waals surface area (Å²) in [4.78, 5) is 13.1. The van der Waals surface area contributed by atoms with Crippen LogP contribution in [0, 0.1) is 6.92 Å². The highest BCUT2D eigenvalue weighted by Crippen LogP contribution is 2.24. The molecule has 6 nitrogen and oxygen atoms in total. The van der Waals surface area contributed by atoms with Crippen molar-refractivity contribution >= 4 is 5.82 Å². The standard InChI is InChI=1S/C15H21N5O/c1-10(2)13-18-14(20-16)11(3)15(19-13)21-9-7-12-6-4-5-8-17-12/h4-6,8,10H,7,9,16H2,1-3H3,(H,18,19,20). The third kappa shape index (κ3) is 3.88. The first-order chi connectivity index (χ1) is 10.1. The lowest BCUT2D eigenvalue weighted by atomic mass is 10.2. The van der Waals surface area contributed by atoms with Gasteiger partial charge < -0.3 is 10.2 Å². The molecule has 3 N–H and O–H groups in total. The van der Waals surface area contributed by atoms with Crippen LogP contribution in [-0.2, 0) is 6.42 Å². The highest BCUT2D eigenvalue weighted by molar-refractivity contribution is 5.47. The Morgan fingerprint density at radius 2 is 2.10 bits per heavy atom. The normalized spacial score (nSPS) is 10.7. The van der Waals surface area contributed by atoms with Gasteiger partial charge in [0.15, 0.2) is 0 Å². The molecule has 0 aromatic carbocycles. The molecule has 0 radical (unpaired) electrons. The van der Waals surface area contributed by atoms with Gasteiger partial charge in [-0.2, -0.15) is 4.98 Å². The largest absolute Gasteiger partial charge is 0.477 e. The molecule has 2 aromatic rings. The van der Waals surface area contributed by atoms with Crippen molar-refractivity contribution in [1.82, 2.24) is 15.0 Å². The molecule has 21 heavy (non-hydrogen) atoms. The van der Waals surface area contributed by atoms with Crippen LogP contribution in [-0.4, -0.2) is 21.6 Å². The van der Waals surface area contributed by atoms with Crippen LogP contribution in [0.2, 0.25) is 0 Å². The van der Waals surface area contributed by atoms with E-state index in [-0.39, 0.29) is 5.92 Å². The molecule has 0 unspecified atom stereocenters. The van der Waals surface area contributed by atoms with Gasteiger partial charge in [0.05, 0.1) is 12.2 Å². The maximum absolute atomic E-state index is 5.79.